The molecule has 5 heteroatoms. The number of hydrogen-bond donors (Lipinski definition) is 1. The highest BCUT2D eigenvalue weighted by molar-refractivity contribution is 5.98. The van der Waals surface area contributed by atoms with E-state index in [2.05, 4.69) is 19.2 Å². The Kier molecular flexibility index (Phi) is 7.44. The minimum Gasteiger partial charge on any atom is -0.465 e. The molecule has 25 heavy (non-hydrogen) atoms. The summed E-state index contributed by atoms with van der Waals surface area (Å²) in [6.07, 6.45) is 4.01. The molecule has 1 aromatic carbocycles. The quantitative estimate of drug-likeness (QED) is 0.770. The molecule has 1 N–H and O–H groups in total. The van der Waals surface area contributed by atoms with Crippen molar-refractivity contribution < 1.29 is 14.3 Å². The Balaban J connectivity index is 2.37. The van der Waals surface area contributed by atoms with Crippen LogP contribution in [0.15, 0.2) is 18.2 Å². The summed E-state index contributed by atoms with van der Waals surface area (Å²) in [4.78, 5) is 26.9. The fourth-order valence-electron chi connectivity index (χ4n) is 3.42. The van der Waals surface area contributed by atoms with Crippen molar-refractivity contribution >= 4 is 11.9 Å². The highest BCUT2D eigenvalue weighted by Crippen LogP contribution is 2.26. The number of amides is 1. The van der Waals surface area contributed by atoms with Crippen molar-refractivity contribution in [1.29, 1.82) is 0 Å². The summed E-state index contributed by atoms with van der Waals surface area (Å²) < 4.78 is 4.89. The predicted octanol–water partition coefficient (Wildman–Crippen LogP) is 3.20. The molecule has 0 bridgehead atoms. The largest absolute Gasteiger partial charge is 0.465 e. The number of piperidine rings is 1. The molecule has 0 radical (unpaired) electrons. The molecule has 1 atom stereocenters. The minimum absolute atomic E-state index is 0.000489. The van der Waals surface area contributed by atoms with Gasteiger partial charge in [-0.1, -0.05) is 13.8 Å². The van der Waals surface area contributed by atoms with Crippen LogP contribution in [-0.4, -0.2) is 50.1 Å². The van der Waals surface area contributed by atoms with Crippen molar-refractivity contribution in [3.05, 3.63) is 34.9 Å². The van der Waals surface area contributed by atoms with Gasteiger partial charge in [0.05, 0.1) is 12.7 Å². The van der Waals surface area contributed by atoms with Gasteiger partial charge in [0, 0.05) is 25.2 Å². The second-order valence-electron chi connectivity index (χ2n) is 6.67. The molecular formula is C20H30N2O3. The van der Waals surface area contributed by atoms with Crippen LogP contribution < -0.4 is 5.32 Å². The number of nitrogens with one attached hydrogen (secondary N) is 1. The first-order valence-electron chi connectivity index (χ1n) is 9.34. The Bertz CT molecular complexity index is 589. The molecule has 1 unspecified atom stereocenters. The van der Waals surface area contributed by atoms with E-state index in [1.54, 1.807) is 6.07 Å². The zero-order valence-electron chi connectivity index (χ0n) is 15.6. The summed E-state index contributed by atoms with van der Waals surface area (Å²) >= 11 is 0. The number of methoxy groups -OCH3 is 1. The molecule has 0 saturated carbocycles. The Morgan fingerprint density at radius 2 is 1.84 bits per heavy atom. The number of esters is 1. The van der Waals surface area contributed by atoms with Crippen molar-refractivity contribution in [3.8, 4) is 0 Å². The summed E-state index contributed by atoms with van der Waals surface area (Å²) in [5.74, 6) is -0.0626. The van der Waals surface area contributed by atoms with E-state index in [4.69, 9.17) is 4.74 Å². The third kappa shape index (κ3) is 5.05. The highest BCUT2D eigenvalue weighted by Gasteiger charge is 2.22. The molecule has 1 aliphatic heterocycles. The standard InChI is InChI=1S/C20H30N2O3/c1-4-9-22(10-5-2)19(23)17-11-16(15-7-6-8-21-14-15)12-18(13-17)20(24)25-3/h11-13,15,21H,4-10,14H2,1-3H3. The Morgan fingerprint density at radius 1 is 1.16 bits per heavy atom. The van der Waals surface area contributed by atoms with Crippen molar-refractivity contribution in [1.82, 2.24) is 10.2 Å². The SMILES string of the molecule is CCCN(CCC)C(=O)c1cc(C(=O)OC)cc(C2CCCNC2)c1. The number of hydrogen-bond acceptors (Lipinski definition) is 4. The van der Waals surface area contributed by atoms with E-state index in [0.29, 0.717) is 17.0 Å². The molecule has 0 aliphatic carbocycles. The van der Waals surface area contributed by atoms with Gasteiger partial charge in [-0.05, 0) is 61.9 Å². The van der Waals surface area contributed by atoms with Crippen LogP contribution in [0, 0.1) is 0 Å². The maximum Gasteiger partial charge on any atom is 0.337 e. The first-order chi connectivity index (χ1) is 12.1. The van der Waals surface area contributed by atoms with E-state index in [9.17, 15) is 9.59 Å². The first-order valence-corrected chi connectivity index (χ1v) is 9.34. The molecule has 1 amide bonds. The number of rotatable bonds is 7. The molecule has 1 fully saturated rings. The summed E-state index contributed by atoms with van der Waals surface area (Å²) in [5.41, 5.74) is 2.10. The fraction of sp³-hybridized carbons (Fsp3) is 0.600. The molecule has 138 valence electrons. The van der Waals surface area contributed by atoms with Gasteiger partial charge in [0.2, 0.25) is 0 Å². The van der Waals surface area contributed by atoms with E-state index in [1.165, 1.54) is 7.11 Å². The van der Waals surface area contributed by atoms with Crippen LogP contribution in [0.4, 0.5) is 0 Å². The van der Waals surface area contributed by atoms with Crippen LogP contribution in [0.25, 0.3) is 0 Å². The molecule has 0 aromatic heterocycles. The summed E-state index contributed by atoms with van der Waals surface area (Å²) in [6.45, 7) is 7.51. The van der Waals surface area contributed by atoms with Crippen LogP contribution >= 0.6 is 0 Å². The van der Waals surface area contributed by atoms with Crippen molar-refractivity contribution in [3.63, 3.8) is 0 Å². The molecule has 0 spiro atoms. The van der Waals surface area contributed by atoms with E-state index < -0.39 is 5.97 Å². The van der Waals surface area contributed by atoms with Gasteiger partial charge in [-0.15, -0.1) is 0 Å². The monoisotopic (exact) mass is 346 g/mol. The smallest absolute Gasteiger partial charge is 0.337 e. The van der Waals surface area contributed by atoms with Gasteiger partial charge in [-0.25, -0.2) is 4.79 Å². The van der Waals surface area contributed by atoms with Gasteiger partial charge in [0.15, 0.2) is 0 Å². The van der Waals surface area contributed by atoms with E-state index in [0.717, 1.165) is 57.4 Å². The molecular weight excluding hydrogens is 316 g/mol. The summed E-state index contributed by atoms with van der Waals surface area (Å²) in [6, 6.07) is 5.52. The lowest BCUT2D eigenvalue weighted by molar-refractivity contribution is 0.0600. The average molecular weight is 346 g/mol. The predicted molar refractivity (Wildman–Crippen MR) is 99.1 cm³/mol. The number of carbonyl (C=O) groups excluding carboxylic acids is 2. The third-order valence-corrected chi connectivity index (χ3v) is 4.67. The zero-order chi connectivity index (χ0) is 18.2. The van der Waals surface area contributed by atoms with Gasteiger partial charge in [-0.3, -0.25) is 4.79 Å². The van der Waals surface area contributed by atoms with Gasteiger partial charge in [-0.2, -0.15) is 0 Å². The highest BCUT2D eigenvalue weighted by atomic mass is 16.5. The van der Waals surface area contributed by atoms with Crippen molar-refractivity contribution in [2.24, 2.45) is 0 Å². The van der Waals surface area contributed by atoms with Crippen molar-refractivity contribution in [2.45, 2.75) is 45.4 Å². The summed E-state index contributed by atoms with van der Waals surface area (Å²) in [7, 11) is 1.37. The molecule has 1 aliphatic rings. The van der Waals surface area contributed by atoms with Gasteiger partial charge >= 0.3 is 5.97 Å². The van der Waals surface area contributed by atoms with Crippen LogP contribution in [0.3, 0.4) is 0 Å². The molecule has 1 heterocycles. The van der Waals surface area contributed by atoms with E-state index in [-0.39, 0.29) is 5.91 Å². The number of nitrogens with zero attached hydrogens (tertiary/aromatic N) is 1. The Labute approximate surface area is 150 Å². The van der Waals surface area contributed by atoms with Gasteiger partial charge in [0.25, 0.3) is 5.91 Å². The van der Waals surface area contributed by atoms with Crippen LogP contribution in [-0.2, 0) is 4.74 Å². The number of carbonyl (C=O) groups is 2. The lowest BCUT2D eigenvalue weighted by Crippen LogP contribution is -2.33. The summed E-state index contributed by atoms with van der Waals surface area (Å²) in [5, 5.41) is 3.40. The molecule has 1 aromatic rings. The normalized spacial score (nSPS) is 17.2. The maximum atomic E-state index is 13.0. The first kappa shape index (κ1) is 19.4. The fourth-order valence-corrected chi connectivity index (χ4v) is 3.42. The van der Waals surface area contributed by atoms with Gasteiger partial charge < -0.3 is 15.0 Å². The van der Waals surface area contributed by atoms with Crippen molar-refractivity contribution in [2.75, 3.05) is 33.3 Å². The third-order valence-electron chi connectivity index (χ3n) is 4.67. The molecule has 5 nitrogen and oxygen atoms in total. The second-order valence-corrected chi connectivity index (χ2v) is 6.67. The number of benzene rings is 1. The van der Waals surface area contributed by atoms with Crippen LogP contribution in [0.2, 0.25) is 0 Å². The van der Waals surface area contributed by atoms with E-state index >= 15 is 0 Å². The second kappa shape index (κ2) is 9.56. The Hall–Kier alpha value is -1.88. The minimum atomic E-state index is -0.391. The Morgan fingerprint density at radius 3 is 2.40 bits per heavy atom. The molecule has 1 saturated heterocycles. The van der Waals surface area contributed by atoms with E-state index in [1.807, 2.05) is 17.0 Å². The maximum absolute atomic E-state index is 13.0. The zero-order valence-corrected chi connectivity index (χ0v) is 15.6. The average Bonchev–Trinajstić information content (AvgIpc) is 2.67. The lowest BCUT2D eigenvalue weighted by atomic mass is 9.89. The molecule has 2 rings (SSSR count). The van der Waals surface area contributed by atoms with Crippen LogP contribution in [0.1, 0.15) is 71.7 Å². The van der Waals surface area contributed by atoms with Crippen LogP contribution in [0.5, 0.6) is 0 Å². The lowest BCUT2D eigenvalue weighted by Gasteiger charge is -2.25. The topological polar surface area (TPSA) is 58.6 Å². The number of ether oxygens (including phenoxy) is 1. The van der Waals surface area contributed by atoms with Gasteiger partial charge in [0.1, 0.15) is 0 Å².